The number of primary amides is 3. The van der Waals surface area contributed by atoms with Crippen LogP contribution in [0.4, 0.5) is 0 Å². The lowest BCUT2D eigenvalue weighted by Crippen LogP contribution is -2.61. The number of nitrogens with two attached hydrogens (primary N) is 3. The highest BCUT2D eigenvalue weighted by Crippen LogP contribution is 2.22. The summed E-state index contributed by atoms with van der Waals surface area (Å²) in [6.07, 6.45) is -2.65. The Balaban J connectivity index is 2.11. The molecule has 2 fully saturated rings. The number of hydrogen-bond donors (Lipinski definition) is 10. The first-order valence-corrected chi connectivity index (χ1v) is 23.9. The molecule has 0 radical (unpaired) electrons. The van der Waals surface area contributed by atoms with Crippen LogP contribution in [0.15, 0.2) is 24.3 Å². The molecule has 3 rings (SSSR count). The lowest BCUT2D eigenvalue weighted by molar-refractivity contribution is -0.142. The third-order valence-corrected chi connectivity index (χ3v) is 12.3. The molecule has 2 heterocycles. The summed E-state index contributed by atoms with van der Waals surface area (Å²) in [6, 6.07) is -5.25. The maximum Gasteiger partial charge on any atom is 0.246 e. The lowest BCUT2D eigenvalue weighted by Gasteiger charge is -2.31. The maximum absolute atomic E-state index is 14.7. The van der Waals surface area contributed by atoms with Crippen LogP contribution in [0.1, 0.15) is 95.2 Å². The van der Waals surface area contributed by atoms with E-state index in [9.17, 15) is 54.1 Å². The first-order chi connectivity index (χ1) is 33.7. The summed E-state index contributed by atoms with van der Waals surface area (Å²) in [6.45, 7) is 3.57. The van der Waals surface area contributed by atoms with Crippen molar-refractivity contribution in [2.24, 2.45) is 29.0 Å². The molecule has 1 aromatic carbocycles. The van der Waals surface area contributed by atoms with Gasteiger partial charge in [0.2, 0.25) is 65.0 Å². The third-order valence-electron chi connectivity index (χ3n) is 11.1. The molecule has 2 saturated heterocycles. The predicted octanol–water partition coefficient (Wildman–Crippen LogP) is -2.50. The molecule has 0 spiro atoms. The van der Waals surface area contributed by atoms with Crippen molar-refractivity contribution in [1.82, 2.24) is 42.1 Å². The number of benzene rings is 1. The number of carbonyl (C=O) groups is 11. The molecular weight excluding hydrogens is 919 g/mol. The van der Waals surface area contributed by atoms with Gasteiger partial charge in [0.05, 0.1) is 21.4 Å². The number of nitrogens with one attached hydrogen (secondary N) is 7. The van der Waals surface area contributed by atoms with E-state index < -0.39 is 164 Å². The Hall–Kier alpha value is -6.46. The molecular formula is C45H69N11O12S. The largest absolute Gasteiger partial charge is 0.497 e. The minimum Gasteiger partial charge on any atom is -0.497 e. The Morgan fingerprint density at radius 2 is 1.51 bits per heavy atom. The highest BCUT2D eigenvalue weighted by molar-refractivity contribution is 7.99. The van der Waals surface area contributed by atoms with Gasteiger partial charge in [-0.1, -0.05) is 46.2 Å². The van der Waals surface area contributed by atoms with Gasteiger partial charge >= 0.3 is 0 Å². The normalized spacial score (nSPS) is 25.6. The molecule has 13 N–H and O–H groups in total. The van der Waals surface area contributed by atoms with Crippen LogP contribution < -0.4 is 59.2 Å². The zero-order valence-electron chi connectivity index (χ0n) is 42.6. The van der Waals surface area contributed by atoms with Crippen molar-refractivity contribution in [3.8, 4) is 5.75 Å². The Kier molecular flexibility index (Phi) is 21.2. The van der Waals surface area contributed by atoms with E-state index in [4.69, 9.17) is 24.7 Å². The fraction of sp³-hybridized carbons (Fsp3) is 0.622. The fourth-order valence-electron chi connectivity index (χ4n) is 7.23. The van der Waals surface area contributed by atoms with Crippen LogP contribution in [-0.2, 0) is 59.2 Å². The van der Waals surface area contributed by atoms with E-state index in [0.29, 0.717) is 22.6 Å². The molecule has 11 amide bonds. The lowest BCUT2D eigenvalue weighted by atomic mass is 9.96. The molecule has 24 heteroatoms. The summed E-state index contributed by atoms with van der Waals surface area (Å²) >= 11 is 1.00. The number of rotatable bonds is 18. The summed E-state index contributed by atoms with van der Waals surface area (Å²) in [4.78, 5) is 148. The number of hydrogen-bond acceptors (Lipinski definition) is 13. The van der Waals surface area contributed by atoms with E-state index >= 15 is 0 Å². The molecule has 0 aromatic heterocycles. The van der Waals surface area contributed by atoms with Crippen LogP contribution >= 0.6 is 11.8 Å². The van der Waals surface area contributed by atoms with Crippen molar-refractivity contribution in [3.63, 3.8) is 0 Å². The number of methoxy groups -OCH3 is 1. The minimum absolute atomic E-state index is 0.00436. The van der Waals surface area contributed by atoms with Crippen molar-refractivity contribution in [1.29, 1.82) is 0 Å². The molecule has 2 unspecified atom stereocenters. The van der Waals surface area contributed by atoms with Gasteiger partial charge < -0.3 is 64.1 Å². The second kappa shape index (κ2) is 28.1. The second-order valence-corrected chi connectivity index (χ2v) is 18.3. The monoisotopic (exact) mass is 991 g/mol. The summed E-state index contributed by atoms with van der Waals surface area (Å²) in [5.41, 5.74) is 16.7. The van der Waals surface area contributed by atoms with E-state index in [1.807, 2.05) is 0 Å². The Labute approximate surface area is 410 Å². The highest BCUT2D eigenvalue weighted by Gasteiger charge is 2.40. The number of likely N-dealkylation sites (tertiary alicyclic amines) is 1. The van der Waals surface area contributed by atoms with Crippen LogP contribution in [0.2, 0.25) is 0 Å². The summed E-state index contributed by atoms with van der Waals surface area (Å²) < 4.78 is 32.2. The summed E-state index contributed by atoms with van der Waals surface area (Å²) in [7, 11) is 1.48. The van der Waals surface area contributed by atoms with E-state index in [1.165, 1.54) is 7.11 Å². The molecule has 2 aliphatic heterocycles. The van der Waals surface area contributed by atoms with Crippen LogP contribution in [0.5, 0.6) is 5.75 Å². The Bertz CT molecular complexity index is 2170. The smallest absolute Gasteiger partial charge is 0.246 e. The molecule has 2 aliphatic rings. The van der Waals surface area contributed by atoms with Gasteiger partial charge in [0.1, 0.15) is 48.0 Å². The van der Waals surface area contributed by atoms with Gasteiger partial charge in [0, 0.05) is 34.3 Å². The number of thioether (sulfide) groups is 1. The standard InChI is InChI=1S/C45H69N11O12S/c1-6-25(4)38-44(66)51-28(15-16-34(46)57)40(62)52-31(21-35(47)58)41(63)54-32(23-69-18-8-10-37(60)50-30(42(64)55-38)20-26-11-13-27(68-5)14-12-26)45(67)56-17-7-9-33(56)43(65)53-29(19-24(2)3)39(61)49-22-36(48)59/h11-14,24-25,28-33,38H,6-10,15-23H2,1-5H3,(H2,46,57)(H2,47,58)(H2,48,59)(H,49,61)(H,50,60)(H,51,66)(H,52,62)(H,53,65)(H,54,63)(H,55,64)/t25?,28-,29?,30-,31-,32-,33-,38-/m0/s1/i17D2,33D. The molecule has 23 nitrogen and oxygen atoms in total. The van der Waals surface area contributed by atoms with Crippen LogP contribution in [0.3, 0.4) is 0 Å². The van der Waals surface area contributed by atoms with Crippen molar-refractivity contribution in [2.75, 3.05) is 31.7 Å². The average Bonchev–Trinajstić information content (AvgIpc) is 3.57. The third kappa shape index (κ3) is 18.9. The van der Waals surface area contributed by atoms with Gasteiger partial charge in [-0.2, -0.15) is 11.8 Å². The van der Waals surface area contributed by atoms with Gasteiger partial charge in [-0.3, -0.25) is 52.7 Å². The van der Waals surface area contributed by atoms with Gasteiger partial charge in [-0.15, -0.1) is 0 Å². The molecule has 0 bridgehead atoms. The second-order valence-electron chi connectivity index (χ2n) is 17.2. The topological polar surface area (TPSA) is 363 Å². The summed E-state index contributed by atoms with van der Waals surface area (Å²) in [5, 5.41) is 17.4. The molecule has 0 aliphatic carbocycles. The molecule has 8 atom stereocenters. The zero-order valence-corrected chi connectivity index (χ0v) is 40.4. The number of nitrogens with zero attached hydrogens (tertiary/aromatic N) is 1. The van der Waals surface area contributed by atoms with Gasteiger partial charge in [0.15, 0.2) is 0 Å². The first kappa shape index (κ1) is 51.9. The van der Waals surface area contributed by atoms with Crippen molar-refractivity contribution in [2.45, 2.75) is 134 Å². The van der Waals surface area contributed by atoms with Gasteiger partial charge in [-0.25, -0.2) is 0 Å². The zero-order chi connectivity index (χ0) is 54.1. The molecule has 1 aromatic rings. The van der Waals surface area contributed by atoms with Crippen molar-refractivity contribution >= 4 is 76.7 Å². The SMILES string of the molecule is [2H]C1([2H])CC[C@@]([2H])(C(=O)NC(CC(C)C)C(=O)NCC(N)=O)N1C(=O)[C@@H]1CSCCCC(=O)N[C@@H](Cc2ccc(OC)cc2)C(=O)N[C@@H](C(C)CC)C(=O)N[C@@H](CCC(N)=O)C(=O)N[C@@H](CC(N)=O)C(=O)N1. The molecule has 69 heavy (non-hydrogen) atoms. The Morgan fingerprint density at radius 1 is 0.855 bits per heavy atom. The minimum atomic E-state index is -2.73. The Morgan fingerprint density at radius 3 is 2.12 bits per heavy atom. The predicted molar refractivity (Wildman–Crippen MR) is 253 cm³/mol. The quantitative estimate of drug-likeness (QED) is 0.0728. The number of carbonyl (C=O) groups excluding carboxylic acids is 11. The average molecular weight is 991 g/mol. The van der Waals surface area contributed by atoms with E-state index in [-0.39, 0.29) is 37.4 Å². The number of ether oxygens (including phenoxy) is 1. The van der Waals surface area contributed by atoms with E-state index in [2.05, 4.69) is 37.2 Å². The maximum atomic E-state index is 14.7. The van der Waals surface area contributed by atoms with Crippen LogP contribution in [0, 0.1) is 11.8 Å². The van der Waals surface area contributed by atoms with Crippen LogP contribution in [-0.4, -0.2) is 144 Å². The van der Waals surface area contributed by atoms with Crippen LogP contribution in [0.25, 0.3) is 0 Å². The van der Waals surface area contributed by atoms with Crippen molar-refractivity contribution in [3.05, 3.63) is 29.8 Å². The highest BCUT2D eigenvalue weighted by atomic mass is 32.2. The number of amides is 11. The van der Waals surface area contributed by atoms with E-state index in [0.717, 1.165) is 11.8 Å². The van der Waals surface area contributed by atoms with E-state index in [1.54, 1.807) is 52.0 Å². The van der Waals surface area contributed by atoms with Gasteiger partial charge in [0.25, 0.3) is 0 Å². The van der Waals surface area contributed by atoms with Gasteiger partial charge in [-0.05, 0) is 67.4 Å². The molecule has 0 saturated carbocycles. The summed E-state index contributed by atoms with van der Waals surface area (Å²) in [5.74, 6) is -11.4. The first-order valence-electron chi connectivity index (χ1n) is 24.2. The van der Waals surface area contributed by atoms with Crippen molar-refractivity contribution < 1.29 is 61.6 Å². The fourth-order valence-corrected chi connectivity index (χ4v) is 8.21. The molecule has 382 valence electrons.